The van der Waals surface area contributed by atoms with Crippen molar-refractivity contribution in [1.82, 2.24) is 10.6 Å². The summed E-state index contributed by atoms with van der Waals surface area (Å²) in [7, 11) is 1.86. The van der Waals surface area contributed by atoms with Crippen molar-refractivity contribution in [3.8, 4) is 0 Å². The molecule has 0 spiro atoms. The van der Waals surface area contributed by atoms with Crippen molar-refractivity contribution in [1.29, 1.82) is 0 Å². The summed E-state index contributed by atoms with van der Waals surface area (Å²) in [5.74, 6) is -0.0494. The van der Waals surface area contributed by atoms with Crippen molar-refractivity contribution >= 4 is 23.4 Å². The molecule has 2 rings (SSSR count). The summed E-state index contributed by atoms with van der Waals surface area (Å²) in [6, 6.07) is 7.24. The van der Waals surface area contributed by atoms with Crippen LogP contribution in [0.2, 0.25) is 0 Å². The number of nitrogens with one attached hydrogen (secondary N) is 2. The number of ether oxygens (including phenoxy) is 1. The molecule has 1 aliphatic carbocycles. The van der Waals surface area contributed by atoms with Crippen LogP contribution in [0.3, 0.4) is 0 Å². The van der Waals surface area contributed by atoms with E-state index in [4.69, 9.17) is 4.74 Å². The fraction of sp³-hybridized carbons (Fsp3) is 0.586. The predicted octanol–water partition coefficient (Wildman–Crippen LogP) is 1.63. The zero-order valence-electron chi connectivity index (χ0n) is 23.6. The first kappa shape index (κ1) is 34.8. The minimum atomic E-state index is -0.351. The van der Waals surface area contributed by atoms with E-state index in [9.17, 15) is 19.2 Å². The number of amides is 2. The van der Waals surface area contributed by atoms with Gasteiger partial charge in [-0.2, -0.15) is 0 Å². The number of unbranched alkanes of at least 4 members (excludes halogenated alkanes) is 1. The van der Waals surface area contributed by atoms with Crippen LogP contribution in [0.5, 0.6) is 0 Å². The van der Waals surface area contributed by atoms with Crippen LogP contribution in [-0.2, 0) is 25.7 Å². The molecule has 2 amide bonds. The molecule has 0 heterocycles. The van der Waals surface area contributed by atoms with Gasteiger partial charge in [-0.05, 0) is 51.9 Å². The number of allylic oxidation sites excluding steroid dienone is 2. The Bertz CT molecular complexity index is 946. The number of hydrogen-bond donors (Lipinski definition) is 2. The minimum absolute atomic E-state index is 0. The SMILES string of the molecule is CNC1=C(C(=O)c2ccc(C[N-]C(=O)COCCCC(=O)NCCCCC(C)C(C)=O)cc2)CCCC1.[Rb+]. The van der Waals surface area contributed by atoms with Crippen LogP contribution in [-0.4, -0.2) is 50.2 Å². The van der Waals surface area contributed by atoms with Gasteiger partial charge in [0.1, 0.15) is 5.78 Å². The Kier molecular flexibility index (Phi) is 18.1. The number of hydrogen-bond acceptors (Lipinski definition) is 6. The monoisotopic (exact) mass is 597 g/mol. The van der Waals surface area contributed by atoms with Crippen LogP contribution < -0.4 is 68.8 Å². The Morgan fingerprint density at radius 3 is 2.42 bits per heavy atom. The van der Waals surface area contributed by atoms with Crippen LogP contribution in [0.15, 0.2) is 35.5 Å². The minimum Gasteiger partial charge on any atom is -0.648 e. The van der Waals surface area contributed by atoms with E-state index in [2.05, 4.69) is 16.0 Å². The van der Waals surface area contributed by atoms with Gasteiger partial charge in [0.15, 0.2) is 5.78 Å². The first-order chi connectivity index (χ1) is 17.8. The molecule has 8 nitrogen and oxygen atoms in total. The first-order valence-electron chi connectivity index (χ1n) is 13.4. The molecule has 9 heteroatoms. The van der Waals surface area contributed by atoms with Gasteiger partial charge < -0.3 is 25.5 Å². The number of benzene rings is 1. The average molecular weight is 598 g/mol. The Labute approximate surface area is 276 Å². The van der Waals surface area contributed by atoms with E-state index in [0.717, 1.165) is 61.8 Å². The second kappa shape index (κ2) is 19.8. The van der Waals surface area contributed by atoms with Crippen molar-refractivity contribution < 1.29 is 82.1 Å². The van der Waals surface area contributed by atoms with Crippen LogP contribution in [0.1, 0.15) is 87.6 Å². The second-order valence-corrected chi connectivity index (χ2v) is 9.66. The Morgan fingerprint density at radius 1 is 1.03 bits per heavy atom. The summed E-state index contributed by atoms with van der Waals surface area (Å²) in [5.41, 5.74) is 3.40. The van der Waals surface area contributed by atoms with Crippen molar-refractivity contribution in [2.45, 2.75) is 78.2 Å². The van der Waals surface area contributed by atoms with Gasteiger partial charge >= 0.3 is 58.2 Å². The molecule has 204 valence electrons. The van der Waals surface area contributed by atoms with Gasteiger partial charge in [0, 0.05) is 49.4 Å². The normalized spacial score (nSPS) is 13.8. The molecule has 0 aliphatic heterocycles. The third-order valence-electron chi connectivity index (χ3n) is 6.70. The van der Waals surface area contributed by atoms with Crippen molar-refractivity contribution in [3.63, 3.8) is 0 Å². The summed E-state index contributed by atoms with van der Waals surface area (Å²) in [5, 5.41) is 10.1. The van der Waals surface area contributed by atoms with E-state index in [1.807, 2.05) is 26.1 Å². The molecule has 0 fully saturated rings. The van der Waals surface area contributed by atoms with Gasteiger partial charge in [-0.15, -0.1) is 6.54 Å². The van der Waals surface area contributed by atoms with Crippen LogP contribution >= 0.6 is 0 Å². The van der Waals surface area contributed by atoms with Crippen molar-refractivity contribution in [2.75, 3.05) is 26.8 Å². The second-order valence-electron chi connectivity index (χ2n) is 9.66. The molecular formula is C29H42N3O5Rb. The van der Waals surface area contributed by atoms with Crippen LogP contribution in [0, 0.1) is 5.92 Å². The number of Topliss-reactive ketones (excluding diaryl/α,β-unsaturated/α-hetero) is 2. The quantitative estimate of drug-likeness (QED) is 0.208. The maximum absolute atomic E-state index is 12.9. The Hall–Kier alpha value is -1.19. The fourth-order valence-corrected chi connectivity index (χ4v) is 4.18. The fourth-order valence-electron chi connectivity index (χ4n) is 4.18. The van der Waals surface area contributed by atoms with Crippen molar-refractivity contribution in [3.05, 3.63) is 52.0 Å². The molecule has 0 saturated carbocycles. The number of nitrogens with zero attached hydrogens (tertiary/aromatic N) is 1. The molecule has 0 bridgehead atoms. The summed E-state index contributed by atoms with van der Waals surface area (Å²) >= 11 is 0. The van der Waals surface area contributed by atoms with Gasteiger partial charge in [-0.1, -0.05) is 43.2 Å². The number of carbonyl (C=O) groups is 4. The summed E-state index contributed by atoms with van der Waals surface area (Å²) < 4.78 is 5.35. The molecular weight excluding hydrogens is 556 g/mol. The topological polar surface area (TPSA) is 116 Å². The molecule has 1 aromatic rings. The van der Waals surface area contributed by atoms with E-state index in [0.29, 0.717) is 31.6 Å². The van der Waals surface area contributed by atoms with Gasteiger partial charge in [-0.25, -0.2) is 0 Å². The van der Waals surface area contributed by atoms with Gasteiger partial charge in [0.05, 0.1) is 12.5 Å². The maximum Gasteiger partial charge on any atom is 1.00 e. The molecule has 1 aliphatic rings. The van der Waals surface area contributed by atoms with E-state index >= 15 is 0 Å². The summed E-state index contributed by atoms with van der Waals surface area (Å²) in [4.78, 5) is 47.9. The Morgan fingerprint density at radius 2 is 1.74 bits per heavy atom. The molecule has 0 radical (unpaired) electrons. The van der Waals surface area contributed by atoms with Gasteiger partial charge in [0.2, 0.25) is 5.91 Å². The largest absolute Gasteiger partial charge is 1.00 e. The number of carbonyl (C=O) groups excluding carboxylic acids is 4. The van der Waals surface area contributed by atoms with Gasteiger partial charge in [-0.3, -0.25) is 14.4 Å². The average Bonchev–Trinajstić information content (AvgIpc) is 2.91. The Balaban J connectivity index is 0.00000722. The molecule has 38 heavy (non-hydrogen) atoms. The van der Waals surface area contributed by atoms with E-state index in [-0.39, 0.29) is 101 Å². The van der Waals surface area contributed by atoms with E-state index in [1.54, 1.807) is 19.1 Å². The molecule has 0 aromatic heterocycles. The predicted molar refractivity (Wildman–Crippen MR) is 144 cm³/mol. The van der Waals surface area contributed by atoms with Crippen LogP contribution in [0.25, 0.3) is 5.32 Å². The number of ketones is 2. The summed E-state index contributed by atoms with van der Waals surface area (Å²) in [6.45, 7) is 4.56. The zero-order chi connectivity index (χ0) is 27.0. The molecule has 1 atom stereocenters. The molecule has 2 N–H and O–H groups in total. The standard InChI is InChI=1S/C29H43N3O5.Rb/c1-21(22(2)33)9-6-7-17-31-27(34)12-8-18-37-20-28(35)32-19-23-13-15-24(16-14-23)29(36)25-10-4-5-11-26(25)30-3;/h13-16,21H,4-12,17-20H2,1-3H3,(H3,30,31,32,34,35,36);/q;+1/p-1. The van der Waals surface area contributed by atoms with Gasteiger partial charge in [0.25, 0.3) is 0 Å². The van der Waals surface area contributed by atoms with E-state index in [1.165, 1.54) is 0 Å². The van der Waals surface area contributed by atoms with Crippen LogP contribution in [0.4, 0.5) is 0 Å². The molecule has 0 saturated heterocycles. The number of rotatable bonds is 17. The molecule has 1 unspecified atom stereocenters. The smallest absolute Gasteiger partial charge is 0.648 e. The molecule has 1 aromatic carbocycles. The summed E-state index contributed by atoms with van der Waals surface area (Å²) in [6.07, 6.45) is 7.32. The van der Waals surface area contributed by atoms with E-state index < -0.39 is 0 Å². The third kappa shape index (κ3) is 13.2. The third-order valence-corrected chi connectivity index (χ3v) is 6.70. The zero-order valence-corrected chi connectivity index (χ0v) is 28.5. The first-order valence-corrected chi connectivity index (χ1v) is 13.4. The maximum atomic E-state index is 12.9. The van der Waals surface area contributed by atoms with Crippen molar-refractivity contribution in [2.24, 2.45) is 5.92 Å².